The van der Waals surface area contributed by atoms with Crippen molar-refractivity contribution in [1.82, 2.24) is 0 Å². The monoisotopic (exact) mass is 812 g/mol. The maximum Gasteiger partial charge on any atom is 0 e. The molecule has 230 valence electrons. The van der Waals surface area contributed by atoms with E-state index in [1.54, 1.807) is 18.9 Å². The first-order valence-corrected chi connectivity index (χ1v) is 17.2. The molecule has 4 radical (unpaired) electrons. The molecule has 6 rings (SSSR count). The van der Waals surface area contributed by atoms with Crippen LogP contribution in [0.25, 0.3) is 0 Å². The second-order valence-corrected chi connectivity index (χ2v) is 13.8. The molecule has 0 atom stereocenters. The predicted octanol–water partition coefficient (Wildman–Crippen LogP) is 8.26. The molecule has 0 aliphatic heterocycles. The van der Waals surface area contributed by atoms with Crippen molar-refractivity contribution < 1.29 is 24.8 Å². The molecule has 0 saturated carbocycles. The van der Waals surface area contributed by atoms with Crippen molar-refractivity contribution in [3.05, 3.63) is 221 Å². The van der Waals surface area contributed by atoms with Gasteiger partial charge in [-0.05, 0) is 67.4 Å². The molecule has 6 aromatic carbocycles. The van der Waals surface area contributed by atoms with Crippen LogP contribution in [-0.2, 0) is 24.8 Å². The zero-order valence-electron chi connectivity index (χ0n) is 25.6. The van der Waals surface area contributed by atoms with E-state index in [2.05, 4.69) is 202 Å². The first-order chi connectivity index (χ1) is 22.3. The summed E-state index contributed by atoms with van der Waals surface area (Å²) in [6, 6.07) is 64.7. The van der Waals surface area contributed by atoms with Crippen molar-refractivity contribution in [2.24, 2.45) is 0 Å². The van der Waals surface area contributed by atoms with Gasteiger partial charge in [-0.15, -0.1) is 6.58 Å². The summed E-state index contributed by atoms with van der Waals surface area (Å²) in [7, 11) is -0.892. The Morgan fingerprint density at radius 2 is 0.565 bits per heavy atom. The van der Waals surface area contributed by atoms with E-state index in [4.69, 9.17) is 4.65 Å². The maximum atomic E-state index is 7.50. The molecule has 4 heteroatoms. The molecule has 0 fully saturated rings. The van der Waals surface area contributed by atoms with Gasteiger partial charge in [-0.2, -0.15) is 0 Å². The summed E-state index contributed by atoms with van der Waals surface area (Å²) >= 11 is 0. The molecule has 46 heavy (non-hydrogen) atoms. The summed E-state index contributed by atoms with van der Waals surface area (Å²) in [5.74, 6) is 0. The van der Waals surface area contributed by atoms with Crippen LogP contribution < -0.4 is 31.8 Å². The molecular weight excluding hydrogens is 775 g/mol. The Bertz CT molecular complexity index is 1310. The molecule has 0 unspecified atom stereocenters. The number of unbranched alkanes of at least 4 members (excludes halogenated alkanes) is 1. The van der Waals surface area contributed by atoms with Crippen molar-refractivity contribution >= 4 is 47.7 Å². The Hall–Kier alpha value is -3.69. The largest absolute Gasteiger partial charge is 0.103 e. The van der Waals surface area contributed by atoms with E-state index in [1.807, 2.05) is 0 Å². The SMILES string of the molecule is [C-]#[O+].[CH2][CH][CH]C=C.[Ir].c1ccc(P(c2ccccc2)c2ccccc2)cc1.c1ccc(P(c2ccccc2)c2ccccc2)cc1. The Morgan fingerprint density at radius 3 is 0.674 bits per heavy atom. The number of allylic oxidation sites excluding steroid dienone is 1. The van der Waals surface area contributed by atoms with Gasteiger partial charge in [-0.3, -0.25) is 0 Å². The Balaban J connectivity index is 0.000000263. The van der Waals surface area contributed by atoms with Gasteiger partial charge in [0.15, 0.2) is 0 Å². The van der Waals surface area contributed by atoms with Crippen LogP contribution in [-0.4, -0.2) is 0 Å². The third-order valence-corrected chi connectivity index (χ3v) is 11.2. The number of rotatable bonds is 8. The second-order valence-electron chi connectivity index (χ2n) is 9.35. The zero-order valence-corrected chi connectivity index (χ0v) is 29.8. The second kappa shape index (κ2) is 23.6. The summed E-state index contributed by atoms with van der Waals surface area (Å²) in [5.41, 5.74) is 0. The summed E-state index contributed by atoms with van der Waals surface area (Å²) in [5, 5.41) is 8.39. The molecule has 0 aliphatic carbocycles. The maximum absolute atomic E-state index is 7.50. The molecule has 0 aromatic heterocycles. The molecule has 0 N–H and O–H groups in total. The van der Waals surface area contributed by atoms with Crippen LogP contribution in [0.4, 0.5) is 0 Å². The van der Waals surface area contributed by atoms with Gasteiger partial charge in [0.05, 0.1) is 0 Å². The van der Waals surface area contributed by atoms with E-state index < -0.39 is 15.8 Å². The molecule has 0 amide bonds. The molecule has 0 saturated heterocycles. The quantitative estimate of drug-likeness (QED) is 0.0839. The summed E-state index contributed by atoms with van der Waals surface area (Å²) < 4.78 is 7.50. The van der Waals surface area contributed by atoms with Gasteiger partial charge in [0.2, 0.25) is 0 Å². The predicted molar refractivity (Wildman–Crippen MR) is 198 cm³/mol. The summed E-state index contributed by atoms with van der Waals surface area (Å²) in [4.78, 5) is 0. The van der Waals surface area contributed by atoms with E-state index in [-0.39, 0.29) is 20.1 Å². The smallest absolute Gasteiger partial charge is 0 e. The Labute approximate surface area is 292 Å². The first kappa shape index (κ1) is 38.5. The number of hydrogen-bond donors (Lipinski definition) is 0. The fourth-order valence-electron chi connectivity index (χ4n) is 4.45. The fraction of sp³-hybridized carbons (Fsp3) is 0. The average Bonchev–Trinajstić information content (AvgIpc) is 3.13. The van der Waals surface area contributed by atoms with Crippen molar-refractivity contribution in [3.8, 4) is 0 Å². The van der Waals surface area contributed by atoms with Gasteiger partial charge in [0.25, 0.3) is 0 Å². The summed E-state index contributed by atoms with van der Waals surface area (Å²) in [6.07, 6.45) is 5.15. The third-order valence-electron chi connectivity index (χ3n) is 6.36. The third kappa shape index (κ3) is 12.6. The van der Waals surface area contributed by atoms with Crippen molar-refractivity contribution in [3.63, 3.8) is 0 Å². The summed E-state index contributed by atoms with van der Waals surface area (Å²) in [6.45, 7) is 11.3. The minimum Gasteiger partial charge on any atom is -0.103 e. The van der Waals surface area contributed by atoms with Gasteiger partial charge < -0.3 is 0 Å². The van der Waals surface area contributed by atoms with E-state index >= 15 is 0 Å². The molecular formula is C42H37IrOP2. The van der Waals surface area contributed by atoms with Crippen LogP contribution in [0.5, 0.6) is 0 Å². The van der Waals surface area contributed by atoms with Crippen molar-refractivity contribution in [2.75, 3.05) is 0 Å². The minimum atomic E-state index is -0.446. The van der Waals surface area contributed by atoms with E-state index in [0.717, 1.165) is 0 Å². The Morgan fingerprint density at radius 1 is 0.391 bits per heavy atom. The van der Waals surface area contributed by atoms with E-state index in [9.17, 15) is 0 Å². The van der Waals surface area contributed by atoms with Crippen LogP contribution in [0.1, 0.15) is 0 Å². The van der Waals surface area contributed by atoms with Crippen LogP contribution in [0, 0.1) is 26.4 Å². The van der Waals surface area contributed by atoms with Gasteiger partial charge in [0.1, 0.15) is 0 Å². The molecule has 0 bridgehead atoms. The normalized spacial score (nSPS) is 9.59. The van der Waals surface area contributed by atoms with Gasteiger partial charge >= 0.3 is 11.3 Å². The van der Waals surface area contributed by atoms with Crippen molar-refractivity contribution in [1.29, 1.82) is 0 Å². The van der Waals surface area contributed by atoms with Crippen LogP contribution in [0.2, 0.25) is 0 Å². The van der Waals surface area contributed by atoms with Crippen LogP contribution in [0.15, 0.2) is 195 Å². The first-order valence-electron chi connectivity index (χ1n) is 14.5. The van der Waals surface area contributed by atoms with Crippen LogP contribution >= 0.6 is 15.8 Å². The zero-order chi connectivity index (χ0) is 32.0. The standard InChI is InChI=1S/2C18H15P.C5H7.CO.Ir/c2*1-4-10-16(11-5-1)19(17-12-6-2-7-13-17)18-14-8-3-9-15-18;1-3-5-4-2;1-2;/h2*1-15H;3-5H,1-2H2;;. The van der Waals surface area contributed by atoms with Crippen molar-refractivity contribution in [2.45, 2.75) is 0 Å². The number of hydrogen-bond acceptors (Lipinski definition) is 0. The number of benzene rings is 6. The van der Waals surface area contributed by atoms with E-state index in [1.165, 1.54) is 31.8 Å². The topological polar surface area (TPSA) is 19.9 Å². The molecule has 0 heterocycles. The van der Waals surface area contributed by atoms with Crippen LogP contribution in [0.3, 0.4) is 0 Å². The van der Waals surface area contributed by atoms with Gasteiger partial charge in [-0.1, -0.05) is 188 Å². The molecule has 6 aromatic rings. The molecule has 1 nitrogen and oxygen atoms in total. The van der Waals surface area contributed by atoms with E-state index in [0.29, 0.717) is 0 Å². The average molecular weight is 812 g/mol. The van der Waals surface area contributed by atoms with Gasteiger partial charge in [0, 0.05) is 20.1 Å². The Kier molecular flexibility index (Phi) is 19.8. The minimum absolute atomic E-state index is 0. The van der Waals surface area contributed by atoms with Gasteiger partial charge in [-0.25, -0.2) is 0 Å². The molecule has 0 aliphatic rings. The fourth-order valence-corrected chi connectivity index (χ4v) is 9.06. The molecule has 0 spiro atoms.